The highest BCUT2D eigenvalue weighted by molar-refractivity contribution is 5.69. The fourth-order valence-corrected chi connectivity index (χ4v) is 2.60. The summed E-state index contributed by atoms with van der Waals surface area (Å²) in [4.78, 5) is 13.7. The number of hydrogen-bond acceptors (Lipinski definition) is 3. The van der Waals surface area contributed by atoms with Gasteiger partial charge in [-0.25, -0.2) is 4.79 Å². The number of nitrogens with zero attached hydrogens (tertiary/aromatic N) is 1. The van der Waals surface area contributed by atoms with Crippen molar-refractivity contribution < 1.29 is 14.3 Å². The van der Waals surface area contributed by atoms with Gasteiger partial charge in [-0.15, -0.1) is 0 Å². The second-order valence-electron chi connectivity index (χ2n) is 5.58. The van der Waals surface area contributed by atoms with Gasteiger partial charge in [0.05, 0.1) is 13.7 Å². The summed E-state index contributed by atoms with van der Waals surface area (Å²) < 4.78 is 10.6. The van der Waals surface area contributed by atoms with Crippen LogP contribution in [-0.4, -0.2) is 30.8 Å². The first-order chi connectivity index (χ1) is 10.2. The number of amides is 1. The van der Waals surface area contributed by atoms with Gasteiger partial charge < -0.3 is 14.4 Å². The normalized spacial score (nSPS) is 17.9. The van der Waals surface area contributed by atoms with Crippen molar-refractivity contribution in [3.63, 3.8) is 0 Å². The Morgan fingerprint density at radius 3 is 2.67 bits per heavy atom. The summed E-state index contributed by atoms with van der Waals surface area (Å²) in [6, 6.07) is 7.80. The Morgan fingerprint density at radius 1 is 1.24 bits per heavy atom. The van der Waals surface area contributed by atoms with Crippen molar-refractivity contribution in [2.24, 2.45) is 0 Å². The van der Waals surface area contributed by atoms with Crippen LogP contribution in [-0.2, 0) is 11.3 Å². The Hall–Kier alpha value is -1.71. The van der Waals surface area contributed by atoms with Gasteiger partial charge in [0.25, 0.3) is 0 Å². The highest BCUT2D eigenvalue weighted by Crippen LogP contribution is 2.20. The van der Waals surface area contributed by atoms with E-state index in [4.69, 9.17) is 9.47 Å². The van der Waals surface area contributed by atoms with Crippen LogP contribution in [0.5, 0.6) is 5.75 Å². The summed E-state index contributed by atoms with van der Waals surface area (Å²) in [7, 11) is 1.65. The molecular formula is C17H25NO3. The first-order valence-corrected chi connectivity index (χ1v) is 7.81. The second kappa shape index (κ2) is 7.91. The van der Waals surface area contributed by atoms with Gasteiger partial charge in [-0.1, -0.05) is 38.3 Å². The van der Waals surface area contributed by atoms with Gasteiger partial charge in [-0.05, 0) is 30.5 Å². The van der Waals surface area contributed by atoms with Crippen molar-refractivity contribution in [2.75, 3.05) is 13.7 Å². The summed E-state index contributed by atoms with van der Waals surface area (Å²) in [5, 5.41) is 0. The molecule has 1 amide bonds. The van der Waals surface area contributed by atoms with E-state index in [2.05, 4.69) is 6.92 Å². The standard InChI is InChI=1S/C17H25NO3/c1-3-4-5-6-7-16-13-18(17(19)21-16)12-14-8-10-15(20-2)11-9-14/h8-11,16H,3-7,12-13H2,1-2H3. The molecule has 1 saturated heterocycles. The SMILES string of the molecule is CCCCCCC1CN(Cc2ccc(OC)cc2)C(=O)O1. The van der Waals surface area contributed by atoms with Crippen LogP contribution < -0.4 is 4.74 Å². The molecule has 1 heterocycles. The molecule has 1 atom stereocenters. The number of carbonyl (C=O) groups is 1. The minimum atomic E-state index is -0.189. The van der Waals surface area contributed by atoms with Crippen LogP contribution in [0.4, 0.5) is 4.79 Å². The van der Waals surface area contributed by atoms with Crippen LogP contribution in [0.1, 0.15) is 44.6 Å². The topological polar surface area (TPSA) is 38.8 Å². The summed E-state index contributed by atoms with van der Waals surface area (Å²) in [6.45, 7) is 3.51. The minimum absolute atomic E-state index is 0.0626. The third kappa shape index (κ3) is 4.66. The van der Waals surface area contributed by atoms with Crippen molar-refractivity contribution in [1.29, 1.82) is 0 Å². The quantitative estimate of drug-likeness (QED) is 0.680. The van der Waals surface area contributed by atoms with Crippen molar-refractivity contribution in [3.8, 4) is 5.75 Å². The second-order valence-corrected chi connectivity index (χ2v) is 5.58. The average molecular weight is 291 g/mol. The lowest BCUT2D eigenvalue weighted by atomic mass is 10.1. The summed E-state index contributed by atoms with van der Waals surface area (Å²) >= 11 is 0. The van der Waals surface area contributed by atoms with Gasteiger partial charge in [0.2, 0.25) is 0 Å². The van der Waals surface area contributed by atoms with E-state index in [1.165, 1.54) is 19.3 Å². The van der Waals surface area contributed by atoms with Crippen LogP contribution in [0.25, 0.3) is 0 Å². The number of hydrogen-bond donors (Lipinski definition) is 0. The average Bonchev–Trinajstić information content (AvgIpc) is 2.85. The molecule has 1 fully saturated rings. The fourth-order valence-electron chi connectivity index (χ4n) is 2.60. The highest BCUT2D eigenvalue weighted by Gasteiger charge is 2.30. The maximum atomic E-state index is 11.9. The molecular weight excluding hydrogens is 266 g/mol. The van der Waals surface area contributed by atoms with E-state index >= 15 is 0 Å². The zero-order chi connectivity index (χ0) is 15.1. The van der Waals surface area contributed by atoms with E-state index in [0.717, 1.165) is 24.2 Å². The Morgan fingerprint density at radius 2 is 2.00 bits per heavy atom. The van der Waals surface area contributed by atoms with Crippen LogP contribution in [0.2, 0.25) is 0 Å². The number of cyclic esters (lactones) is 1. The van der Waals surface area contributed by atoms with E-state index in [-0.39, 0.29) is 12.2 Å². The Balaban J connectivity index is 1.79. The lowest BCUT2D eigenvalue weighted by Gasteiger charge is -2.13. The van der Waals surface area contributed by atoms with Gasteiger partial charge >= 0.3 is 6.09 Å². The molecule has 0 spiro atoms. The smallest absolute Gasteiger partial charge is 0.410 e. The molecule has 4 heteroatoms. The van der Waals surface area contributed by atoms with Crippen LogP contribution in [0.15, 0.2) is 24.3 Å². The van der Waals surface area contributed by atoms with Crippen LogP contribution in [0, 0.1) is 0 Å². The minimum Gasteiger partial charge on any atom is -0.497 e. The molecule has 21 heavy (non-hydrogen) atoms. The number of benzene rings is 1. The summed E-state index contributed by atoms with van der Waals surface area (Å²) in [5.41, 5.74) is 1.10. The Labute approximate surface area is 127 Å². The zero-order valence-corrected chi connectivity index (χ0v) is 13.0. The molecule has 1 aliphatic rings. The van der Waals surface area contributed by atoms with Gasteiger partial charge in [0.1, 0.15) is 11.9 Å². The van der Waals surface area contributed by atoms with Crippen LogP contribution >= 0.6 is 0 Å². The molecule has 1 aliphatic heterocycles. The van der Waals surface area contributed by atoms with E-state index in [1.807, 2.05) is 24.3 Å². The predicted octanol–water partition coefficient (Wildman–Crippen LogP) is 3.99. The predicted molar refractivity (Wildman–Crippen MR) is 82.4 cm³/mol. The first kappa shape index (κ1) is 15.7. The molecule has 0 saturated carbocycles. The maximum Gasteiger partial charge on any atom is 0.410 e. The first-order valence-electron chi connectivity index (χ1n) is 7.81. The number of carbonyl (C=O) groups excluding carboxylic acids is 1. The van der Waals surface area contributed by atoms with Gasteiger partial charge in [-0.2, -0.15) is 0 Å². The fraction of sp³-hybridized carbons (Fsp3) is 0.588. The van der Waals surface area contributed by atoms with Crippen LogP contribution in [0.3, 0.4) is 0 Å². The highest BCUT2D eigenvalue weighted by atomic mass is 16.6. The molecule has 2 rings (SSSR count). The van der Waals surface area contributed by atoms with E-state index < -0.39 is 0 Å². The van der Waals surface area contributed by atoms with Crippen molar-refractivity contribution in [3.05, 3.63) is 29.8 Å². The number of ether oxygens (including phenoxy) is 2. The molecule has 0 aliphatic carbocycles. The van der Waals surface area contributed by atoms with E-state index in [9.17, 15) is 4.79 Å². The summed E-state index contributed by atoms with van der Waals surface area (Å²) in [5.74, 6) is 0.830. The molecule has 1 aromatic carbocycles. The number of unbranched alkanes of at least 4 members (excludes halogenated alkanes) is 3. The van der Waals surface area contributed by atoms with E-state index in [1.54, 1.807) is 12.0 Å². The molecule has 116 valence electrons. The third-order valence-electron chi connectivity index (χ3n) is 3.86. The Bertz CT molecular complexity index is 444. The van der Waals surface area contributed by atoms with Gasteiger partial charge in [0, 0.05) is 6.54 Å². The molecule has 1 unspecified atom stereocenters. The largest absolute Gasteiger partial charge is 0.497 e. The lowest BCUT2D eigenvalue weighted by molar-refractivity contribution is 0.127. The zero-order valence-electron chi connectivity index (χ0n) is 13.0. The van der Waals surface area contributed by atoms with Crippen molar-refractivity contribution >= 4 is 6.09 Å². The van der Waals surface area contributed by atoms with Gasteiger partial charge in [-0.3, -0.25) is 0 Å². The molecule has 1 aromatic rings. The number of methoxy groups -OCH3 is 1. The van der Waals surface area contributed by atoms with Crippen molar-refractivity contribution in [1.82, 2.24) is 4.90 Å². The molecule has 4 nitrogen and oxygen atoms in total. The monoisotopic (exact) mass is 291 g/mol. The Kier molecular flexibility index (Phi) is 5.90. The molecule has 0 bridgehead atoms. The van der Waals surface area contributed by atoms with Gasteiger partial charge in [0.15, 0.2) is 0 Å². The van der Waals surface area contributed by atoms with E-state index in [0.29, 0.717) is 13.1 Å². The maximum absolute atomic E-state index is 11.9. The molecule has 0 N–H and O–H groups in total. The third-order valence-corrected chi connectivity index (χ3v) is 3.86. The lowest BCUT2D eigenvalue weighted by Crippen LogP contribution is -2.24. The summed E-state index contributed by atoms with van der Waals surface area (Å²) in [6.07, 6.45) is 5.71. The molecule has 0 aromatic heterocycles. The van der Waals surface area contributed by atoms with Crippen molar-refractivity contribution in [2.45, 2.75) is 51.7 Å². The number of rotatable bonds is 8. The molecule has 0 radical (unpaired) electrons.